The van der Waals surface area contributed by atoms with Crippen molar-refractivity contribution < 1.29 is 13.7 Å². The van der Waals surface area contributed by atoms with Crippen LogP contribution in [0.1, 0.15) is 29.2 Å². The second kappa shape index (κ2) is 8.31. The fraction of sp³-hybridized carbons (Fsp3) is 0.286. The second-order valence-electron chi connectivity index (χ2n) is 6.92. The highest BCUT2D eigenvalue weighted by atomic mass is 35.5. The molecule has 1 aliphatic rings. The highest BCUT2D eigenvalue weighted by Gasteiger charge is 2.29. The molecule has 150 valence electrons. The first-order chi connectivity index (χ1) is 14.0. The van der Waals surface area contributed by atoms with Gasteiger partial charge in [-0.2, -0.15) is 4.98 Å². The van der Waals surface area contributed by atoms with Crippen LogP contribution < -0.4 is 0 Å². The van der Waals surface area contributed by atoms with Crippen LogP contribution in [0.15, 0.2) is 53.1 Å². The predicted octanol–water partition coefficient (Wildman–Crippen LogP) is 4.05. The Morgan fingerprint density at radius 3 is 2.52 bits per heavy atom. The van der Waals surface area contributed by atoms with E-state index in [1.807, 2.05) is 37.3 Å². The minimum Gasteiger partial charge on any atom is -0.337 e. The number of benzene rings is 2. The highest BCUT2D eigenvalue weighted by molar-refractivity contribution is 6.33. The van der Waals surface area contributed by atoms with Crippen LogP contribution in [0.25, 0.3) is 11.4 Å². The Morgan fingerprint density at radius 1 is 1.10 bits per heavy atom. The minimum absolute atomic E-state index is 0.0694. The van der Waals surface area contributed by atoms with Gasteiger partial charge in [-0.1, -0.05) is 53.2 Å². The average Bonchev–Trinajstić information content (AvgIpc) is 3.24. The van der Waals surface area contributed by atoms with Crippen LogP contribution in [-0.4, -0.2) is 52.0 Å². The molecule has 0 saturated carbocycles. The molecule has 1 fully saturated rings. The fourth-order valence-corrected chi connectivity index (χ4v) is 3.68. The van der Waals surface area contributed by atoms with Crippen LogP contribution in [0, 0.1) is 5.82 Å². The number of piperazine rings is 1. The lowest BCUT2D eigenvalue weighted by Crippen LogP contribution is -2.49. The van der Waals surface area contributed by atoms with Gasteiger partial charge in [-0.3, -0.25) is 9.69 Å². The first-order valence-corrected chi connectivity index (χ1v) is 9.79. The molecule has 29 heavy (non-hydrogen) atoms. The zero-order valence-electron chi connectivity index (χ0n) is 15.9. The van der Waals surface area contributed by atoms with E-state index in [2.05, 4.69) is 15.0 Å². The van der Waals surface area contributed by atoms with Crippen molar-refractivity contribution in [2.75, 3.05) is 26.2 Å². The predicted molar refractivity (Wildman–Crippen MR) is 107 cm³/mol. The van der Waals surface area contributed by atoms with Gasteiger partial charge in [-0.25, -0.2) is 4.39 Å². The van der Waals surface area contributed by atoms with Crippen LogP contribution in [0.3, 0.4) is 0 Å². The normalized spacial score (nSPS) is 16.0. The molecular formula is C21H20ClFN4O2. The van der Waals surface area contributed by atoms with Crippen molar-refractivity contribution in [2.24, 2.45) is 0 Å². The van der Waals surface area contributed by atoms with E-state index in [9.17, 15) is 9.18 Å². The molecule has 2 aromatic carbocycles. The summed E-state index contributed by atoms with van der Waals surface area (Å²) in [4.78, 5) is 21.0. The third-order valence-corrected chi connectivity index (χ3v) is 5.47. The smallest absolute Gasteiger partial charge is 0.258 e. The summed E-state index contributed by atoms with van der Waals surface area (Å²) in [6, 6.07) is 13.8. The molecule has 0 radical (unpaired) electrons. The number of aromatic nitrogens is 2. The molecule has 1 amide bonds. The summed E-state index contributed by atoms with van der Waals surface area (Å²) in [6.45, 7) is 4.15. The number of rotatable bonds is 4. The molecule has 4 rings (SSSR count). The molecule has 0 spiro atoms. The molecule has 0 bridgehead atoms. The number of halogens is 2. The maximum atomic E-state index is 14.1. The van der Waals surface area contributed by atoms with Crippen LogP contribution >= 0.6 is 11.6 Å². The molecule has 0 N–H and O–H groups in total. The van der Waals surface area contributed by atoms with Crippen molar-refractivity contribution in [3.8, 4) is 11.4 Å². The van der Waals surface area contributed by atoms with Gasteiger partial charge < -0.3 is 9.42 Å². The molecule has 1 aliphatic heterocycles. The van der Waals surface area contributed by atoms with Gasteiger partial charge >= 0.3 is 0 Å². The van der Waals surface area contributed by atoms with Gasteiger partial charge in [0, 0.05) is 31.7 Å². The van der Waals surface area contributed by atoms with E-state index in [1.165, 1.54) is 18.2 Å². The van der Waals surface area contributed by atoms with Gasteiger partial charge in [0.15, 0.2) is 0 Å². The molecule has 8 heteroatoms. The third-order valence-electron chi connectivity index (χ3n) is 5.16. The molecule has 3 aromatic rings. The van der Waals surface area contributed by atoms with E-state index in [0.717, 1.165) is 5.56 Å². The van der Waals surface area contributed by atoms with Crippen LogP contribution in [-0.2, 0) is 0 Å². The zero-order chi connectivity index (χ0) is 20.4. The molecule has 2 heterocycles. The Bertz CT molecular complexity index is 983. The number of hydrogen-bond donors (Lipinski definition) is 0. The van der Waals surface area contributed by atoms with Gasteiger partial charge in [-0.15, -0.1) is 0 Å². The lowest BCUT2D eigenvalue weighted by atomic mass is 10.1. The first kappa shape index (κ1) is 19.5. The average molecular weight is 415 g/mol. The second-order valence-corrected chi connectivity index (χ2v) is 7.33. The Hall–Kier alpha value is -2.77. The maximum absolute atomic E-state index is 14.1. The molecule has 1 unspecified atom stereocenters. The van der Waals surface area contributed by atoms with Crippen LogP contribution in [0.2, 0.25) is 5.02 Å². The zero-order valence-corrected chi connectivity index (χ0v) is 16.6. The number of amides is 1. The van der Waals surface area contributed by atoms with E-state index >= 15 is 0 Å². The van der Waals surface area contributed by atoms with Crippen molar-refractivity contribution >= 4 is 17.5 Å². The summed E-state index contributed by atoms with van der Waals surface area (Å²) in [6.07, 6.45) is 0. The monoisotopic (exact) mass is 414 g/mol. The molecule has 0 aliphatic carbocycles. The number of hydrogen-bond acceptors (Lipinski definition) is 5. The summed E-state index contributed by atoms with van der Waals surface area (Å²) in [5.41, 5.74) is 0.826. The lowest BCUT2D eigenvalue weighted by molar-refractivity contribution is 0.0548. The summed E-state index contributed by atoms with van der Waals surface area (Å²) in [7, 11) is 0. The Kier molecular flexibility index (Phi) is 5.60. The highest BCUT2D eigenvalue weighted by Crippen LogP contribution is 2.25. The van der Waals surface area contributed by atoms with Gasteiger partial charge in [0.25, 0.3) is 5.91 Å². The van der Waals surface area contributed by atoms with Crippen LogP contribution in [0.5, 0.6) is 0 Å². The van der Waals surface area contributed by atoms with Crippen molar-refractivity contribution in [3.63, 3.8) is 0 Å². The van der Waals surface area contributed by atoms with E-state index in [1.54, 1.807) is 4.90 Å². The topological polar surface area (TPSA) is 62.5 Å². The third kappa shape index (κ3) is 4.02. The number of carbonyl (C=O) groups excluding carboxylic acids is 1. The molecule has 1 atom stereocenters. The Morgan fingerprint density at radius 2 is 1.83 bits per heavy atom. The maximum Gasteiger partial charge on any atom is 0.258 e. The van der Waals surface area contributed by atoms with Crippen molar-refractivity contribution in [1.29, 1.82) is 0 Å². The van der Waals surface area contributed by atoms with Gasteiger partial charge in [0.1, 0.15) is 5.82 Å². The summed E-state index contributed by atoms with van der Waals surface area (Å²) < 4.78 is 19.5. The van der Waals surface area contributed by atoms with Crippen molar-refractivity contribution in [2.45, 2.75) is 13.0 Å². The van der Waals surface area contributed by atoms with Gasteiger partial charge in [0.2, 0.25) is 11.7 Å². The summed E-state index contributed by atoms with van der Waals surface area (Å²) in [5.74, 6) is 0.0957. The summed E-state index contributed by atoms with van der Waals surface area (Å²) >= 11 is 6.03. The quantitative estimate of drug-likeness (QED) is 0.644. The van der Waals surface area contributed by atoms with E-state index in [-0.39, 0.29) is 22.5 Å². The first-order valence-electron chi connectivity index (χ1n) is 9.41. The van der Waals surface area contributed by atoms with Gasteiger partial charge in [-0.05, 0) is 19.1 Å². The Balaban J connectivity index is 1.41. The number of carbonyl (C=O) groups is 1. The van der Waals surface area contributed by atoms with E-state index < -0.39 is 5.82 Å². The minimum atomic E-state index is -0.599. The lowest BCUT2D eigenvalue weighted by Gasteiger charge is -2.36. The molecule has 6 nitrogen and oxygen atoms in total. The largest absolute Gasteiger partial charge is 0.337 e. The van der Waals surface area contributed by atoms with E-state index in [4.69, 9.17) is 16.1 Å². The molecular weight excluding hydrogens is 395 g/mol. The van der Waals surface area contributed by atoms with Crippen molar-refractivity contribution in [1.82, 2.24) is 19.9 Å². The van der Waals surface area contributed by atoms with Crippen LogP contribution in [0.4, 0.5) is 4.39 Å². The standard InChI is InChI=1S/C21H20ClFN4O2/c1-14(20-24-19(25-29-20)15-6-3-2-4-7-15)26-10-12-27(13-11-26)21(28)18-16(22)8-5-9-17(18)23/h2-9,14H,10-13H2,1H3. The number of nitrogens with zero attached hydrogens (tertiary/aromatic N) is 4. The molecule has 1 aromatic heterocycles. The van der Waals surface area contributed by atoms with Crippen molar-refractivity contribution in [3.05, 3.63) is 70.8 Å². The summed E-state index contributed by atoms with van der Waals surface area (Å²) in [5, 5.41) is 4.20. The fourth-order valence-electron chi connectivity index (χ4n) is 3.44. The SMILES string of the molecule is CC(c1nc(-c2ccccc2)no1)N1CCN(C(=O)c2c(F)cccc2Cl)CC1. The molecule has 1 saturated heterocycles. The van der Waals surface area contributed by atoms with Gasteiger partial charge in [0.05, 0.1) is 16.6 Å². The Labute approximate surface area is 172 Å². The van der Waals surface area contributed by atoms with E-state index in [0.29, 0.717) is 37.9 Å².